The van der Waals surface area contributed by atoms with Crippen molar-refractivity contribution in [2.45, 2.75) is 26.3 Å². The number of hydrogen-bond acceptors (Lipinski definition) is 3. The predicted molar refractivity (Wildman–Crippen MR) is 102 cm³/mol. The molecule has 0 radical (unpaired) electrons. The van der Waals surface area contributed by atoms with Crippen molar-refractivity contribution in [1.82, 2.24) is 10.2 Å². The molecule has 0 bridgehead atoms. The largest absolute Gasteiger partial charge is 0.491 e. The molecule has 0 aliphatic heterocycles. The van der Waals surface area contributed by atoms with Crippen LogP contribution in [0.3, 0.4) is 0 Å². The summed E-state index contributed by atoms with van der Waals surface area (Å²) in [5.41, 5.74) is 1.98. The number of ether oxygens (including phenoxy) is 1. The van der Waals surface area contributed by atoms with Crippen LogP contribution < -0.4 is 10.1 Å². The Morgan fingerprint density at radius 3 is 2.38 bits per heavy atom. The number of likely N-dealkylation sites (N-methyl/N-ethyl adjacent to an activating group) is 1. The number of amides is 2. The summed E-state index contributed by atoms with van der Waals surface area (Å²) in [6.07, 6.45) is 0.213. The lowest BCUT2D eigenvalue weighted by molar-refractivity contribution is -0.131. The fourth-order valence-electron chi connectivity index (χ4n) is 2.65. The number of rotatable bonds is 8. The molecule has 138 valence electrons. The van der Waals surface area contributed by atoms with Gasteiger partial charge < -0.3 is 15.0 Å². The Morgan fingerprint density at radius 1 is 1.08 bits per heavy atom. The van der Waals surface area contributed by atoms with E-state index in [9.17, 15) is 9.59 Å². The first kappa shape index (κ1) is 19.5. The molecule has 1 N–H and O–H groups in total. The minimum Gasteiger partial charge on any atom is -0.491 e. The molecule has 0 fully saturated rings. The molecule has 1 atom stereocenters. The van der Waals surface area contributed by atoms with Gasteiger partial charge in [0, 0.05) is 14.0 Å². The number of carbonyl (C=O) groups excluding carboxylic acids is 2. The number of carbonyl (C=O) groups is 2. The second-order valence-corrected chi connectivity index (χ2v) is 6.30. The number of nitrogens with zero attached hydrogens (tertiary/aromatic N) is 1. The van der Waals surface area contributed by atoms with Gasteiger partial charge in [-0.25, -0.2) is 0 Å². The molecule has 0 aliphatic rings. The van der Waals surface area contributed by atoms with Gasteiger partial charge in [0.15, 0.2) is 0 Å². The van der Waals surface area contributed by atoms with E-state index in [1.54, 1.807) is 11.9 Å². The van der Waals surface area contributed by atoms with Crippen LogP contribution in [0.1, 0.15) is 30.5 Å². The van der Waals surface area contributed by atoms with Crippen LogP contribution in [0.25, 0.3) is 0 Å². The van der Waals surface area contributed by atoms with E-state index in [0.717, 1.165) is 16.9 Å². The monoisotopic (exact) mass is 354 g/mol. The second-order valence-electron chi connectivity index (χ2n) is 6.30. The molecular formula is C21H26N2O3. The van der Waals surface area contributed by atoms with Crippen molar-refractivity contribution in [2.24, 2.45) is 0 Å². The summed E-state index contributed by atoms with van der Waals surface area (Å²) < 4.78 is 5.75. The summed E-state index contributed by atoms with van der Waals surface area (Å²) in [5, 5.41) is 2.85. The van der Waals surface area contributed by atoms with Crippen molar-refractivity contribution in [2.75, 3.05) is 20.2 Å². The molecule has 5 nitrogen and oxygen atoms in total. The van der Waals surface area contributed by atoms with E-state index >= 15 is 0 Å². The Morgan fingerprint density at radius 2 is 1.73 bits per heavy atom. The van der Waals surface area contributed by atoms with Crippen molar-refractivity contribution in [1.29, 1.82) is 0 Å². The van der Waals surface area contributed by atoms with Gasteiger partial charge in [-0.3, -0.25) is 9.59 Å². The van der Waals surface area contributed by atoms with E-state index in [1.165, 1.54) is 6.92 Å². The van der Waals surface area contributed by atoms with Gasteiger partial charge in [-0.1, -0.05) is 48.5 Å². The maximum Gasteiger partial charge on any atom is 0.224 e. The lowest BCUT2D eigenvalue weighted by Crippen LogP contribution is -2.35. The van der Waals surface area contributed by atoms with Gasteiger partial charge >= 0.3 is 0 Å². The maximum absolute atomic E-state index is 12.5. The minimum atomic E-state index is -0.332. The summed E-state index contributed by atoms with van der Waals surface area (Å²) in [5.74, 6) is 0.631. The Hall–Kier alpha value is -2.82. The topological polar surface area (TPSA) is 58.6 Å². The Balaban J connectivity index is 1.89. The average Bonchev–Trinajstić information content (AvgIpc) is 2.63. The highest BCUT2D eigenvalue weighted by Crippen LogP contribution is 2.18. The zero-order chi connectivity index (χ0) is 18.9. The molecule has 26 heavy (non-hydrogen) atoms. The minimum absolute atomic E-state index is 0.0408. The molecule has 0 saturated heterocycles. The smallest absolute Gasteiger partial charge is 0.224 e. The number of aryl methyl sites for hydroxylation is 1. The van der Waals surface area contributed by atoms with Crippen LogP contribution in [-0.2, 0) is 9.59 Å². The molecule has 0 saturated carbocycles. The number of para-hydroxylation sites is 1. The zero-order valence-electron chi connectivity index (χ0n) is 15.6. The molecule has 0 aromatic heterocycles. The third kappa shape index (κ3) is 5.92. The number of benzene rings is 2. The summed E-state index contributed by atoms with van der Waals surface area (Å²) in [7, 11) is 1.75. The Kier molecular flexibility index (Phi) is 7.21. The molecule has 2 rings (SSSR count). The van der Waals surface area contributed by atoms with Gasteiger partial charge in [-0.2, -0.15) is 0 Å². The van der Waals surface area contributed by atoms with Gasteiger partial charge in [0.1, 0.15) is 12.4 Å². The Labute approximate surface area is 155 Å². The molecule has 0 spiro atoms. The molecule has 0 heterocycles. The van der Waals surface area contributed by atoms with Crippen LogP contribution in [0.2, 0.25) is 0 Å². The Bertz CT molecular complexity index is 731. The van der Waals surface area contributed by atoms with Crippen LogP contribution in [0, 0.1) is 6.92 Å². The number of hydrogen-bond donors (Lipinski definition) is 1. The molecule has 2 amide bonds. The molecular weight excluding hydrogens is 328 g/mol. The van der Waals surface area contributed by atoms with E-state index in [-0.39, 0.29) is 24.3 Å². The van der Waals surface area contributed by atoms with Gasteiger partial charge in [-0.15, -0.1) is 0 Å². The van der Waals surface area contributed by atoms with Crippen LogP contribution in [0.4, 0.5) is 0 Å². The molecule has 2 aromatic carbocycles. The van der Waals surface area contributed by atoms with Crippen LogP contribution in [-0.4, -0.2) is 36.9 Å². The van der Waals surface area contributed by atoms with Gasteiger partial charge in [0.25, 0.3) is 0 Å². The second kappa shape index (κ2) is 9.61. The fraction of sp³-hybridized carbons (Fsp3) is 0.333. The summed E-state index contributed by atoms with van der Waals surface area (Å²) in [4.78, 5) is 25.7. The fourth-order valence-corrected chi connectivity index (χ4v) is 2.65. The van der Waals surface area contributed by atoms with Gasteiger partial charge in [-0.05, 0) is 24.1 Å². The molecule has 0 aliphatic carbocycles. The third-order valence-electron chi connectivity index (χ3n) is 4.16. The normalized spacial score (nSPS) is 11.5. The van der Waals surface area contributed by atoms with Crippen LogP contribution >= 0.6 is 0 Å². The van der Waals surface area contributed by atoms with Gasteiger partial charge in [0.05, 0.1) is 19.0 Å². The predicted octanol–water partition coefficient (Wildman–Crippen LogP) is 3.10. The zero-order valence-corrected chi connectivity index (χ0v) is 15.6. The first-order chi connectivity index (χ1) is 12.5. The molecule has 1 unspecified atom stereocenters. The first-order valence-corrected chi connectivity index (χ1v) is 8.72. The highest BCUT2D eigenvalue weighted by Gasteiger charge is 2.19. The lowest BCUT2D eigenvalue weighted by atomic mass is 10.0. The summed E-state index contributed by atoms with van der Waals surface area (Å²) in [6.45, 7) is 4.35. The third-order valence-corrected chi connectivity index (χ3v) is 4.16. The summed E-state index contributed by atoms with van der Waals surface area (Å²) >= 11 is 0. The van der Waals surface area contributed by atoms with E-state index in [2.05, 4.69) is 5.32 Å². The average molecular weight is 354 g/mol. The van der Waals surface area contributed by atoms with Crippen molar-refractivity contribution >= 4 is 11.8 Å². The van der Waals surface area contributed by atoms with Crippen molar-refractivity contribution in [3.8, 4) is 5.75 Å². The standard InChI is InChI=1S/C21H26N2O3/c1-16-9-7-8-12-20(16)26-14-13-23(3)21(25)15-19(22-17(2)24)18-10-5-4-6-11-18/h4-12,19H,13-15H2,1-3H3,(H,22,24). The maximum atomic E-state index is 12.5. The van der Waals surface area contributed by atoms with Crippen LogP contribution in [0.5, 0.6) is 5.75 Å². The quantitative estimate of drug-likeness (QED) is 0.792. The van der Waals surface area contributed by atoms with E-state index in [1.807, 2.05) is 61.5 Å². The van der Waals surface area contributed by atoms with E-state index < -0.39 is 0 Å². The van der Waals surface area contributed by atoms with E-state index in [4.69, 9.17) is 4.74 Å². The summed E-state index contributed by atoms with van der Waals surface area (Å²) in [6, 6.07) is 17.0. The van der Waals surface area contributed by atoms with Crippen molar-refractivity contribution in [3.63, 3.8) is 0 Å². The molecule has 5 heteroatoms. The SMILES string of the molecule is CC(=O)NC(CC(=O)N(C)CCOc1ccccc1C)c1ccccc1. The molecule has 2 aromatic rings. The number of nitrogens with one attached hydrogen (secondary N) is 1. The van der Waals surface area contributed by atoms with Crippen LogP contribution in [0.15, 0.2) is 54.6 Å². The highest BCUT2D eigenvalue weighted by molar-refractivity contribution is 5.79. The van der Waals surface area contributed by atoms with E-state index in [0.29, 0.717) is 13.2 Å². The highest BCUT2D eigenvalue weighted by atomic mass is 16.5. The van der Waals surface area contributed by atoms with Gasteiger partial charge in [0.2, 0.25) is 11.8 Å². The lowest BCUT2D eigenvalue weighted by Gasteiger charge is -2.23. The van der Waals surface area contributed by atoms with Crippen molar-refractivity contribution < 1.29 is 14.3 Å². The first-order valence-electron chi connectivity index (χ1n) is 8.72. The van der Waals surface area contributed by atoms with Crippen molar-refractivity contribution in [3.05, 3.63) is 65.7 Å².